The fraction of sp³-hybridized carbons (Fsp3) is 0.379. The molecule has 6 atom stereocenters. The number of methoxy groups -OCH3 is 1. The number of benzene rings is 2. The number of phenols is 2. The first-order valence-electron chi connectivity index (χ1n) is 12.8. The van der Waals surface area contributed by atoms with Gasteiger partial charge in [-0.2, -0.15) is 0 Å². The van der Waals surface area contributed by atoms with Crippen LogP contribution in [0.4, 0.5) is 0 Å². The summed E-state index contributed by atoms with van der Waals surface area (Å²) in [5.74, 6) is -1.38. The molecule has 12 heteroatoms. The first kappa shape index (κ1) is 30.0. The lowest BCUT2D eigenvalue weighted by atomic mass is 9.89. The van der Waals surface area contributed by atoms with Crippen LogP contribution in [0.1, 0.15) is 35.5 Å². The number of phenolic OH excluding ortho intramolecular Hbond substituents is 2. The molecule has 0 aliphatic carbocycles. The molecule has 0 amide bonds. The smallest absolute Gasteiger partial charge is 0.331 e. The number of esters is 1. The number of hydrogen-bond donors (Lipinski definition) is 6. The Balaban J connectivity index is 1.82. The van der Waals surface area contributed by atoms with E-state index in [1.54, 1.807) is 13.0 Å². The van der Waals surface area contributed by atoms with Crippen LogP contribution in [0.2, 0.25) is 0 Å². The van der Waals surface area contributed by atoms with Gasteiger partial charge >= 0.3 is 5.97 Å². The predicted molar refractivity (Wildman–Crippen MR) is 145 cm³/mol. The van der Waals surface area contributed by atoms with E-state index in [1.807, 2.05) is 0 Å². The monoisotopic (exact) mass is 572 g/mol. The van der Waals surface area contributed by atoms with Gasteiger partial charge in [0.2, 0.25) is 0 Å². The number of carbonyl (C=O) groups excluding carboxylic acids is 1. The Morgan fingerprint density at radius 3 is 2.49 bits per heavy atom. The third-order valence-electron chi connectivity index (χ3n) is 6.78. The van der Waals surface area contributed by atoms with Crippen LogP contribution in [0.5, 0.6) is 17.2 Å². The molecule has 1 fully saturated rings. The number of aliphatic hydroxyl groups excluding tert-OH is 4. The van der Waals surface area contributed by atoms with Gasteiger partial charge in [-0.15, -0.1) is 0 Å². The summed E-state index contributed by atoms with van der Waals surface area (Å²) in [5.41, 5.74) is 0.542. The lowest BCUT2D eigenvalue weighted by molar-refractivity contribution is -0.239. The molecule has 12 nitrogen and oxygen atoms in total. The van der Waals surface area contributed by atoms with E-state index >= 15 is 0 Å². The van der Waals surface area contributed by atoms with E-state index in [2.05, 4.69) is 0 Å². The highest BCUT2D eigenvalue weighted by Crippen LogP contribution is 2.43. The van der Waals surface area contributed by atoms with Crippen molar-refractivity contribution >= 4 is 23.0 Å². The van der Waals surface area contributed by atoms with Crippen molar-refractivity contribution in [3.8, 4) is 17.2 Å². The first-order valence-corrected chi connectivity index (χ1v) is 12.8. The minimum absolute atomic E-state index is 0.00596. The van der Waals surface area contributed by atoms with Crippen LogP contribution >= 0.6 is 0 Å². The second-order valence-corrected chi connectivity index (χ2v) is 9.89. The molecule has 0 bridgehead atoms. The number of aromatic hydroxyl groups is 2. The van der Waals surface area contributed by atoms with Gasteiger partial charge in [-0.25, -0.2) is 4.79 Å². The van der Waals surface area contributed by atoms with Gasteiger partial charge in [0, 0.05) is 18.6 Å². The van der Waals surface area contributed by atoms with Gasteiger partial charge in [-0.1, -0.05) is 6.07 Å². The third kappa shape index (κ3) is 6.21. The zero-order chi connectivity index (χ0) is 30.0. The van der Waals surface area contributed by atoms with Crippen molar-refractivity contribution in [2.75, 3.05) is 13.7 Å². The molecule has 1 aliphatic rings. The Morgan fingerprint density at radius 2 is 1.85 bits per heavy atom. The molecule has 0 spiro atoms. The Kier molecular flexibility index (Phi) is 9.00. The topological polar surface area (TPSA) is 196 Å². The average molecular weight is 573 g/mol. The number of hydrogen-bond acceptors (Lipinski definition) is 12. The van der Waals surface area contributed by atoms with Crippen LogP contribution in [0.25, 0.3) is 17.0 Å². The highest BCUT2D eigenvalue weighted by atomic mass is 16.6. The van der Waals surface area contributed by atoms with Crippen LogP contribution < -0.4 is 10.2 Å². The fourth-order valence-corrected chi connectivity index (χ4v) is 4.83. The van der Waals surface area contributed by atoms with Crippen molar-refractivity contribution in [3.05, 3.63) is 69.1 Å². The van der Waals surface area contributed by atoms with Crippen LogP contribution in [0.15, 0.2) is 45.6 Å². The van der Waals surface area contributed by atoms with E-state index in [9.17, 15) is 40.2 Å². The SMILES string of the molecule is COc1cc(C)c2c(=O)cc(C[C@@H](C)O)oc2c1[C@@H]1O[C@H](CO)[C@@H](O)[C@H](O)[C@H]1OC(=O)/C=C/c1ccc(O)c(O)c1. The minimum Gasteiger partial charge on any atom is -0.504 e. The quantitative estimate of drug-likeness (QED) is 0.128. The largest absolute Gasteiger partial charge is 0.504 e. The number of rotatable bonds is 8. The van der Waals surface area contributed by atoms with Crippen molar-refractivity contribution in [2.45, 2.75) is 56.9 Å². The number of aryl methyl sites for hydroxylation is 1. The summed E-state index contributed by atoms with van der Waals surface area (Å²) in [4.78, 5) is 26.0. The van der Waals surface area contributed by atoms with Gasteiger partial charge in [-0.3, -0.25) is 4.79 Å². The maximum atomic E-state index is 13.1. The van der Waals surface area contributed by atoms with Gasteiger partial charge in [0.1, 0.15) is 41.5 Å². The van der Waals surface area contributed by atoms with Crippen molar-refractivity contribution in [1.29, 1.82) is 0 Å². The molecular weight excluding hydrogens is 540 g/mol. The normalized spacial score (nSPS) is 23.5. The van der Waals surface area contributed by atoms with Crippen LogP contribution in [0, 0.1) is 6.92 Å². The lowest BCUT2D eigenvalue weighted by Crippen LogP contribution is -2.56. The minimum atomic E-state index is -1.74. The van der Waals surface area contributed by atoms with E-state index in [4.69, 9.17) is 18.6 Å². The van der Waals surface area contributed by atoms with Crippen molar-refractivity contribution in [2.24, 2.45) is 0 Å². The maximum Gasteiger partial charge on any atom is 0.331 e. The number of aliphatic hydroxyl groups is 4. The molecule has 0 saturated carbocycles. The van der Waals surface area contributed by atoms with E-state index < -0.39 is 60.4 Å². The van der Waals surface area contributed by atoms with Crippen LogP contribution in [0.3, 0.4) is 0 Å². The van der Waals surface area contributed by atoms with Crippen LogP contribution in [-0.2, 0) is 20.7 Å². The van der Waals surface area contributed by atoms with Gasteiger partial charge in [0.05, 0.1) is 30.8 Å². The zero-order valence-corrected chi connectivity index (χ0v) is 22.6. The van der Waals surface area contributed by atoms with E-state index in [0.29, 0.717) is 11.1 Å². The highest BCUT2D eigenvalue weighted by molar-refractivity contribution is 5.88. The first-order chi connectivity index (χ1) is 19.4. The maximum absolute atomic E-state index is 13.1. The van der Waals surface area contributed by atoms with Gasteiger partial charge in [-0.05, 0) is 49.2 Å². The molecule has 2 heterocycles. The van der Waals surface area contributed by atoms with Gasteiger partial charge in [0.15, 0.2) is 23.0 Å². The molecule has 3 aromatic rings. The number of carbonyl (C=O) groups is 1. The fourth-order valence-electron chi connectivity index (χ4n) is 4.83. The summed E-state index contributed by atoms with van der Waals surface area (Å²) in [6.07, 6.45) is -6.15. The average Bonchev–Trinajstić information content (AvgIpc) is 2.91. The van der Waals surface area contributed by atoms with Crippen molar-refractivity contribution < 1.29 is 54.1 Å². The van der Waals surface area contributed by atoms with Crippen molar-refractivity contribution in [3.63, 3.8) is 0 Å². The van der Waals surface area contributed by atoms with Gasteiger partial charge in [0.25, 0.3) is 0 Å². The molecule has 0 unspecified atom stereocenters. The standard InChI is InChI=1S/C29H32O12/c1-13-8-20(38-3)24(27-23(13)19(34)11-16(39-27)9-14(2)31)28-29(26(37)25(36)21(12-30)40-28)41-22(35)7-5-15-4-6-17(32)18(33)10-15/h4-8,10-11,14,21,25-26,28-33,36-37H,9,12H2,1-3H3/b7-5+/t14-,21-,25-,26+,28+,29-/m1/s1. The molecular formula is C29H32O12. The second-order valence-electron chi connectivity index (χ2n) is 9.89. The highest BCUT2D eigenvalue weighted by Gasteiger charge is 2.49. The Bertz CT molecular complexity index is 1510. The van der Waals surface area contributed by atoms with Gasteiger partial charge < -0.3 is 49.3 Å². The third-order valence-corrected chi connectivity index (χ3v) is 6.78. The lowest BCUT2D eigenvalue weighted by Gasteiger charge is -2.42. The van der Waals surface area contributed by atoms with E-state index in [-0.39, 0.29) is 40.2 Å². The molecule has 220 valence electrons. The second kappa shape index (κ2) is 12.3. The summed E-state index contributed by atoms with van der Waals surface area (Å²) in [5, 5.41) is 60.7. The molecule has 4 rings (SSSR count). The van der Waals surface area contributed by atoms with Crippen LogP contribution in [-0.4, -0.2) is 80.8 Å². The summed E-state index contributed by atoms with van der Waals surface area (Å²) >= 11 is 0. The van der Waals surface area contributed by atoms with Crippen molar-refractivity contribution in [1.82, 2.24) is 0 Å². The zero-order valence-electron chi connectivity index (χ0n) is 22.6. The molecule has 1 saturated heterocycles. The Hall–Kier alpha value is -3.94. The van der Waals surface area contributed by atoms with E-state index in [0.717, 1.165) is 6.08 Å². The summed E-state index contributed by atoms with van der Waals surface area (Å²) in [6.45, 7) is 2.50. The molecule has 41 heavy (non-hydrogen) atoms. The molecule has 2 aromatic carbocycles. The summed E-state index contributed by atoms with van der Waals surface area (Å²) in [6, 6.07) is 6.69. The summed E-state index contributed by atoms with van der Waals surface area (Å²) in [7, 11) is 1.36. The predicted octanol–water partition coefficient (Wildman–Crippen LogP) is 1.22. The Morgan fingerprint density at radius 1 is 1.12 bits per heavy atom. The molecule has 1 aromatic heterocycles. The number of ether oxygens (including phenoxy) is 3. The molecule has 0 radical (unpaired) electrons. The Labute approximate surface area is 234 Å². The molecule has 6 N–H and O–H groups in total. The molecule has 1 aliphatic heterocycles. The number of fused-ring (bicyclic) bond motifs is 1. The summed E-state index contributed by atoms with van der Waals surface area (Å²) < 4.78 is 23.1. The van der Waals surface area contributed by atoms with E-state index in [1.165, 1.54) is 44.4 Å².